The average molecular weight is 267 g/mol. The van der Waals surface area contributed by atoms with E-state index in [0.29, 0.717) is 0 Å². The first kappa shape index (κ1) is 12.6. The quantitative estimate of drug-likeness (QED) is 0.735. The lowest BCUT2D eigenvalue weighted by molar-refractivity contribution is 0.475. The van der Waals surface area contributed by atoms with E-state index < -0.39 is 0 Å². The van der Waals surface area contributed by atoms with Gasteiger partial charge in [-0.15, -0.1) is 0 Å². The second-order valence-electron chi connectivity index (χ2n) is 4.97. The van der Waals surface area contributed by atoms with Gasteiger partial charge in [-0.25, -0.2) is 0 Å². The number of aryl methyl sites for hydroxylation is 2. The number of benzene rings is 2. The van der Waals surface area contributed by atoms with Crippen LogP contribution in [0.5, 0.6) is 11.5 Å². The molecule has 20 heavy (non-hydrogen) atoms. The molecule has 0 aliphatic rings. The molecule has 0 fully saturated rings. The second kappa shape index (κ2) is 4.60. The molecule has 3 nitrogen and oxygen atoms in total. The van der Waals surface area contributed by atoms with Gasteiger partial charge in [0.05, 0.1) is 5.69 Å². The molecule has 0 bridgehead atoms. The predicted molar refractivity (Wildman–Crippen MR) is 81.1 cm³/mol. The van der Waals surface area contributed by atoms with Crippen LogP contribution < -0.4 is 0 Å². The largest absolute Gasteiger partial charge is 0.508 e. The highest BCUT2D eigenvalue weighted by atomic mass is 16.3. The highest BCUT2D eigenvalue weighted by molar-refractivity contribution is 5.92. The second-order valence-corrected chi connectivity index (χ2v) is 4.97. The number of phenolic OH excluding ortho intramolecular Hbond substituents is 2. The van der Waals surface area contributed by atoms with Gasteiger partial charge in [0.2, 0.25) is 0 Å². The first-order valence-corrected chi connectivity index (χ1v) is 6.73. The summed E-state index contributed by atoms with van der Waals surface area (Å²) >= 11 is 0. The van der Waals surface area contributed by atoms with Gasteiger partial charge in [-0.2, -0.15) is 0 Å². The number of fused-ring (bicyclic) bond motifs is 1. The number of phenols is 2. The molecular weight excluding hydrogens is 250 g/mol. The zero-order valence-electron chi connectivity index (χ0n) is 11.6. The van der Waals surface area contributed by atoms with E-state index in [4.69, 9.17) is 0 Å². The van der Waals surface area contributed by atoms with Gasteiger partial charge >= 0.3 is 0 Å². The topological polar surface area (TPSA) is 45.4 Å². The fourth-order valence-corrected chi connectivity index (χ4v) is 2.83. The average Bonchev–Trinajstić information content (AvgIpc) is 2.72. The molecule has 0 aliphatic heterocycles. The minimum absolute atomic E-state index is 0.267. The smallest absolute Gasteiger partial charge is 0.116 e. The maximum absolute atomic E-state index is 9.69. The maximum atomic E-state index is 9.69. The Labute approximate surface area is 117 Å². The van der Waals surface area contributed by atoms with E-state index in [0.717, 1.165) is 34.3 Å². The Morgan fingerprint density at radius 1 is 0.950 bits per heavy atom. The number of hydrogen-bond donors (Lipinski definition) is 2. The van der Waals surface area contributed by atoms with Crippen LogP contribution in [0.25, 0.3) is 22.2 Å². The molecule has 3 aromatic rings. The maximum Gasteiger partial charge on any atom is 0.116 e. The van der Waals surface area contributed by atoms with Gasteiger partial charge < -0.3 is 14.8 Å². The van der Waals surface area contributed by atoms with E-state index >= 15 is 0 Å². The van der Waals surface area contributed by atoms with Crippen molar-refractivity contribution in [1.29, 1.82) is 0 Å². The van der Waals surface area contributed by atoms with Crippen LogP contribution in [0.15, 0.2) is 42.5 Å². The summed E-state index contributed by atoms with van der Waals surface area (Å²) in [6, 6.07) is 12.7. The molecule has 0 amide bonds. The van der Waals surface area contributed by atoms with Crippen molar-refractivity contribution in [3.05, 3.63) is 48.0 Å². The number of aromatic nitrogens is 1. The zero-order chi connectivity index (χ0) is 14.3. The van der Waals surface area contributed by atoms with E-state index in [2.05, 4.69) is 18.4 Å². The third kappa shape index (κ3) is 1.83. The number of nitrogens with zero attached hydrogens (tertiary/aromatic N) is 1. The van der Waals surface area contributed by atoms with Crippen LogP contribution in [0.2, 0.25) is 0 Å². The highest BCUT2D eigenvalue weighted by Crippen LogP contribution is 2.35. The molecule has 102 valence electrons. The third-order valence-electron chi connectivity index (χ3n) is 3.76. The fraction of sp³-hybridized carbons (Fsp3) is 0.176. The SMILES string of the molecule is CCn1c(-c2ccc(O)cc2)c(C)c2cc(O)ccc21. The predicted octanol–water partition coefficient (Wildman–Crippen LogP) is 4.05. The Balaban J connectivity index is 2.34. The standard InChI is InChI=1S/C17H17NO2/c1-3-18-16-9-8-14(20)10-15(16)11(2)17(18)12-4-6-13(19)7-5-12/h4-10,19-20H,3H2,1-2H3. The number of hydrogen-bond acceptors (Lipinski definition) is 2. The molecule has 3 rings (SSSR count). The lowest BCUT2D eigenvalue weighted by atomic mass is 10.1. The van der Waals surface area contributed by atoms with Crippen molar-refractivity contribution in [3.8, 4) is 22.8 Å². The summed E-state index contributed by atoms with van der Waals surface area (Å²) in [6.45, 7) is 5.02. The molecule has 2 aromatic carbocycles. The van der Waals surface area contributed by atoms with E-state index in [1.807, 2.05) is 18.2 Å². The third-order valence-corrected chi connectivity index (χ3v) is 3.76. The van der Waals surface area contributed by atoms with Gasteiger partial charge in [-0.05, 0) is 67.4 Å². The lowest BCUT2D eigenvalue weighted by Gasteiger charge is -2.09. The first-order valence-electron chi connectivity index (χ1n) is 6.73. The van der Waals surface area contributed by atoms with Gasteiger partial charge in [0, 0.05) is 17.4 Å². The Bertz CT molecular complexity index is 770. The molecule has 0 radical (unpaired) electrons. The molecule has 3 heteroatoms. The van der Waals surface area contributed by atoms with Crippen molar-refractivity contribution in [3.63, 3.8) is 0 Å². The summed E-state index contributed by atoms with van der Waals surface area (Å²) in [5.74, 6) is 0.550. The van der Waals surface area contributed by atoms with E-state index in [9.17, 15) is 10.2 Å². The van der Waals surface area contributed by atoms with Crippen LogP contribution in [0, 0.1) is 6.92 Å². The fourth-order valence-electron chi connectivity index (χ4n) is 2.83. The van der Waals surface area contributed by atoms with Crippen molar-refractivity contribution in [2.45, 2.75) is 20.4 Å². The summed E-state index contributed by atoms with van der Waals surface area (Å²) in [5.41, 5.74) is 4.46. The van der Waals surface area contributed by atoms with Crippen molar-refractivity contribution in [1.82, 2.24) is 4.57 Å². The normalized spacial score (nSPS) is 11.1. The first-order chi connectivity index (χ1) is 9.61. The summed E-state index contributed by atoms with van der Waals surface area (Å²) in [4.78, 5) is 0. The number of aromatic hydroxyl groups is 2. The Kier molecular flexibility index (Phi) is 2.90. The molecule has 1 aromatic heterocycles. The molecule has 1 heterocycles. The van der Waals surface area contributed by atoms with Crippen LogP contribution in [0.3, 0.4) is 0 Å². The van der Waals surface area contributed by atoms with Crippen LogP contribution in [-0.4, -0.2) is 14.8 Å². The summed E-state index contributed by atoms with van der Waals surface area (Å²) < 4.78 is 2.23. The minimum Gasteiger partial charge on any atom is -0.508 e. The summed E-state index contributed by atoms with van der Waals surface area (Å²) in [7, 11) is 0. The molecule has 0 saturated carbocycles. The van der Waals surface area contributed by atoms with Crippen molar-refractivity contribution >= 4 is 10.9 Å². The van der Waals surface area contributed by atoms with E-state index in [1.54, 1.807) is 24.3 Å². The van der Waals surface area contributed by atoms with Crippen LogP contribution >= 0.6 is 0 Å². The lowest BCUT2D eigenvalue weighted by Crippen LogP contribution is -1.97. The van der Waals surface area contributed by atoms with E-state index in [-0.39, 0.29) is 11.5 Å². The zero-order valence-corrected chi connectivity index (χ0v) is 11.6. The molecule has 0 atom stereocenters. The molecular formula is C17H17NO2. The van der Waals surface area contributed by atoms with Crippen LogP contribution in [0.1, 0.15) is 12.5 Å². The summed E-state index contributed by atoms with van der Waals surface area (Å²) in [5, 5.41) is 20.2. The number of rotatable bonds is 2. The Morgan fingerprint density at radius 3 is 2.25 bits per heavy atom. The van der Waals surface area contributed by atoms with Gasteiger partial charge in [-0.3, -0.25) is 0 Å². The van der Waals surface area contributed by atoms with Gasteiger partial charge in [0.25, 0.3) is 0 Å². The molecule has 0 unspecified atom stereocenters. The highest BCUT2D eigenvalue weighted by Gasteiger charge is 2.15. The van der Waals surface area contributed by atoms with Gasteiger partial charge in [0.1, 0.15) is 11.5 Å². The van der Waals surface area contributed by atoms with E-state index in [1.165, 1.54) is 0 Å². The Hall–Kier alpha value is -2.42. The summed E-state index contributed by atoms with van der Waals surface area (Å²) in [6.07, 6.45) is 0. The molecule has 0 spiro atoms. The van der Waals surface area contributed by atoms with Gasteiger partial charge in [-0.1, -0.05) is 0 Å². The van der Waals surface area contributed by atoms with Crippen LogP contribution in [-0.2, 0) is 6.54 Å². The monoisotopic (exact) mass is 267 g/mol. The molecule has 0 saturated heterocycles. The van der Waals surface area contributed by atoms with Crippen LogP contribution in [0.4, 0.5) is 0 Å². The minimum atomic E-state index is 0.267. The van der Waals surface area contributed by atoms with Gasteiger partial charge in [0.15, 0.2) is 0 Å². The molecule has 0 aliphatic carbocycles. The molecule has 2 N–H and O–H groups in total. The van der Waals surface area contributed by atoms with Crippen molar-refractivity contribution < 1.29 is 10.2 Å². The van der Waals surface area contributed by atoms with Crippen molar-refractivity contribution in [2.75, 3.05) is 0 Å². The Morgan fingerprint density at radius 2 is 1.60 bits per heavy atom. The van der Waals surface area contributed by atoms with Crippen molar-refractivity contribution in [2.24, 2.45) is 0 Å².